The van der Waals surface area contributed by atoms with Gasteiger partial charge in [0, 0.05) is 26.4 Å². The van der Waals surface area contributed by atoms with Gasteiger partial charge in [0.15, 0.2) is 5.69 Å². The van der Waals surface area contributed by atoms with Crippen molar-refractivity contribution in [2.45, 2.75) is 65.2 Å². The summed E-state index contributed by atoms with van der Waals surface area (Å²) < 4.78 is 6.01. The van der Waals surface area contributed by atoms with Crippen molar-refractivity contribution in [1.29, 1.82) is 0 Å². The summed E-state index contributed by atoms with van der Waals surface area (Å²) in [6, 6.07) is 0. The lowest BCUT2D eigenvalue weighted by Gasteiger charge is -2.07. The molecule has 0 aliphatic heterocycles. The summed E-state index contributed by atoms with van der Waals surface area (Å²) in [5.74, 6) is -0.455. The molecule has 0 aromatic carbocycles. The van der Waals surface area contributed by atoms with Gasteiger partial charge in [-0.2, -0.15) is 4.73 Å². The molecule has 1 aromatic rings. The van der Waals surface area contributed by atoms with Crippen LogP contribution in [0.25, 0.3) is 0 Å². The van der Waals surface area contributed by atoms with Gasteiger partial charge in [-0.1, -0.05) is 79.8 Å². The predicted octanol–water partition coefficient (Wildman–Crippen LogP) is 5.36. The minimum Gasteiger partial charge on any atom is -0.618 e. The van der Waals surface area contributed by atoms with Crippen LogP contribution in [0.1, 0.15) is 74.5 Å². The zero-order valence-electron chi connectivity index (χ0n) is 24.1. The lowest BCUT2D eigenvalue weighted by atomic mass is 10.2. The molecule has 0 unspecified atom stereocenters. The molecule has 0 bridgehead atoms. The van der Waals surface area contributed by atoms with Crippen molar-refractivity contribution in [3.05, 3.63) is 102 Å². The number of hydrogen-bond acceptors (Lipinski definition) is 5. The fourth-order valence-corrected chi connectivity index (χ4v) is 3.22. The van der Waals surface area contributed by atoms with Crippen LogP contribution < -0.4 is 15.4 Å². The van der Waals surface area contributed by atoms with Crippen molar-refractivity contribution in [3.8, 4) is 0 Å². The first-order valence-electron chi connectivity index (χ1n) is 14.1. The SMILES string of the molecule is CC/C=C\C/C=C\C/C=C\C/C=C\C/C=C\C/C=C\CCC(=O)NCCOCCNC(=O)c1c[n+]([O-])c(C)cn1. The zero-order valence-corrected chi connectivity index (χ0v) is 24.1. The van der Waals surface area contributed by atoms with Crippen molar-refractivity contribution in [2.75, 3.05) is 26.3 Å². The highest BCUT2D eigenvalue weighted by molar-refractivity contribution is 5.91. The van der Waals surface area contributed by atoms with E-state index in [-0.39, 0.29) is 18.1 Å². The molecule has 1 heterocycles. The molecule has 218 valence electrons. The molecule has 8 heteroatoms. The van der Waals surface area contributed by atoms with E-state index in [0.29, 0.717) is 43.0 Å². The van der Waals surface area contributed by atoms with Gasteiger partial charge in [-0.3, -0.25) is 9.59 Å². The molecule has 0 atom stereocenters. The first-order valence-corrected chi connectivity index (χ1v) is 14.1. The number of rotatable bonds is 21. The van der Waals surface area contributed by atoms with Gasteiger partial charge in [0.1, 0.15) is 0 Å². The molecule has 0 saturated heterocycles. The second-order valence-electron chi connectivity index (χ2n) is 8.91. The topological polar surface area (TPSA) is 107 Å². The molecule has 1 rings (SSSR count). The van der Waals surface area contributed by atoms with Crippen LogP contribution in [0.2, 0.25) is 0 Å². The van der Waals surface area contributed by atoms with E-state index in [4.69, 9.17) is 4.74 Å². The number of allylic oxidation sites excluding steroid dienone is 12. The Hall–Kier alpha value is -3.78. The molecule has 2 amide bonds. The molecule has 40 heavy (non-hydrogen) atoms. The number of nitrogens with one attached hydrogen (secondary N) is 2. The van der Waals surface area contributed by atoms with Crippen LogP contribution in [0.5, 0.6) is 0 Å². The average Bonchev–Trinajstić information content (AvgIpc) is 2.95. The Morgan fingerprint density at radius 3 is 1.85 bits per heavy atom. The van der Waals surface area contributed by atoms with E-state index in [0.717, 1.165) is 44.7 Å². The van der Waals surface area contributed by atoms with E-state index in [1.54, 1.807) is 6.92 Å². The van der Waals surface area contributed by atoms with E-state index < -0.39 is 5.91 Å². The predicted molar refractivity (Wildman–Crippen MR) is 162 cm³/mol. The largest absolute Gasteiger partial charge is 0.618 e. The van der Waals surface area contributed by atoms with Gasteiger partial charge in [0.05, 0.1) is 19.4 Å². The second-order valence-corrected chi connectivity index (χ2v) is 8.91. The maximum atomic E-state index is 11.9. The third-order valence-electron chi connectivity index (χ3n) is 5.45. The lowest BCUT2D eigenvalue weighted by Crippen LogP contribution is -2.35. The Bertz CT molecular complexity index is 1030. The van der Waals surface area contributed by atoms with Gasteiger partial charge < -0.3 is 20.6 Å². The Kier molecular flexibility index (Phi) is 20.8. The van der Waals surface area contributed by atoms with Gasteiger partial charge in [-0.15, -0.1) is 0 Å². The number of carbonyl (C=O) groups excluding carboxylic acids is 2. The normalized spacial score (nSPS) is 12.2. The Morgan fingerprint density at radius 1 is 0.825 bits per heavy atom. The molecular formula is C32H46N4O4. The first-order chi connectivity index (χ1) is 19.5. The molecule has 0 fully saturated rings. The second kappa shape index (κ2) is 24.3. The van der Waals surface area contributed by atoms with Crippen LogP contribution in [0.4, 0.5) is 0 Å². The molecule has 1 aromatic heterocycles. The molecule has 2 N–H and O–H groups in total. The highest BCUT2D eigenvalue weighted by atomic mass is 16.5. The molecule has 8 nitrogen and oxygen atoms in total. The molecule has 0 saturated carbocycles. The number of hydrogen-bond donors (Lipinski definition) is 2. The molecule has 0 spiro atoms. The maximum Gasteiger partial charge on any atom is 0.276 e. The van der Waals surface area contributed by atoms with E-state index in [9.17, 15) is 14.8 Å². The van der Waals surface area contributed by atoms with Crippen molar-refractivity contribution < 1.29 is 19.1 Å². The monoisotopic (exact) mass is 550 g/mol. The van der Waals surface area contributed by atoms with Gasteiger partial charge in [0.2, 0.25) is 17.8 Å². The number of aryl methyl sites for hydroxylation is 1. The van der Waals surface area contributed by atoms with E-state index in [1.807, 2.05) is 6.08 Å². The summed E-state index contributed by atoms with van der Waals surface area (Å²) in [5, 5.41) is 16.9. The minimum atomic E-state index is -0.434. The Morgan fingerprint density at radius 2 is 1.32 bits per heavy atom. The summed E-state index contributed by atoms with van der Waals surface area (Å²) in [6.45, 7) is 5.09. The molecule has 0 aliphatic carbocycles. The molecular weight excluding hydrogens is 504 g/mol. The van der Waals surface area contributed by atoms with E-state index in [1.165, 1.54) is 6.20 Å². The standard InChI is InChI=1S/C32H46N4O4/c1-3-4-5-6-7-8-9-10-11-12-13-14-15-16-17-18-19-20-21-22-31(37)33-23-25-40-26-24-34-32(38)30-28-36(39)29(2)27-35-30/h4-5,7-8,10-11,13-14,16-17,19-20,27-28H,3,6,9,12,15,18,21-26H2,1-2H3,(H,33,37)(H,34,38)/b5-4-,8-7-,11-10-,14-13-,17-16-,20-19-. The van der Waals surface area contributed by atoms with Crippen LogP contribution in [-0.2, 0) is 9.53 Å². The van der Waals surface area contributed by atoms with Crippen molar-refractivity contribution in [1.82, 2.24) is 15.6 Å². The van der Waals surface area contributed by atoms with Gasteiger partial charge in [-0.05, 0) is 44.9 Å². The zero-order chi connectivity index (χ0) is 29.1. The third kappa shape index (κ3) is 19.3. The Labute approximate surface area is 239 Å². The number of carbonyl (C=O) groups is 2. The Balaban J connectivity index is 1.95. The smallest absolute Gasteiger partial charge is 0.276 e. The number of aromatic nitrogens is 2. The van der Waals surface area contributed by atoms with Gasteiger partial charge in [-0.25, -0.2) is 4.98 Å². The molecule has 0 radical (unpaired) electrons. The summed E-state index contributed by atoms with van der Waals surface area (Å²) in [5.41, 5.74) is 0.471. The maximum absolute atomic E-state index is 11.9. The minimum absolute atomic E-state index is 0.0206. The fourth-order valence-electron chi connectivity index (χ4n) is 3.22. The quantitative estimate of drug-likeness (QED) is 0.0927. The van der Waals surface area contributed by atoms with Crippen molar-refractivity contribution >= 4 is 11.8 Å². The summed E-state index contributed by atoms with van der Waals surface area (Å²) >= 11 is 0. The number of ether oxygens (including phenoxy) is 1. The van der Waals surface area contributed by atoms with Crippen LogP contribution in [0.3, 0.4) is 0 Å². The highest BCUT2D eigenvalue weighted by Crippen LogP contribution is 1.98. The summed E-state index contributed by atoms with van der Waals surface area (Å²) in [6.07, 6.45) is 35.4. The third-order valence-corrected chi connectivity index (χ3v) is 5.45. The molecule has 0 aliphatic rings. The van der Waals surface area contributed by atoms with Crippen molar-refractivity contribution in [3.63, 3.8) is 0 Å². The number of amides is 2. The van der Waals surface area contributed by atoms with E-state index in [2.05, 4.69) is 89.4 Å². The van der Waals surface area contributed by atoms with Crippen molar-refractivity contribution in [2.24, 2.45) is 0 Å². The van der Waals surface area contributed by atoms with Crippen LogP contribution in [0, 0.1) is 12.1 Å². The first kappa shape index (κ1) is 34.2. The summed E-state index contributed by atoms with van der Waals surface area (Å²) in [7, 11) is 0. The van der Waals surface area contributed by atoms with Crippen LogP contribution in [-0.4, -0.2) is 43.1 Å². The van der Waals surface area contributed by atoms with Crippen LogP contribution >= 0.6 is 0 Å². The summed E-state index contributed by atoms with van der Waals surface area (Å²) in [4.78, 5) is 27.8. The highest BCUT2D eigenvalue weighted by Gasteiger charge is 2.11. The van der Waals surface area contributed by atoms with Crippen LogP contribution in [0.15, 0.2) is 85.3 Å². The average molecular weight is 551 g/mol. The number of nitrogens with zero attached hydrogens (tertiary/aromatic N) is 2. The lowest BCUT2D eigenvalue weighted by molar-refractivity contribution is -0.613. The van der Waals surface area contributed by atoms with Gasteiger partial charge >= 0.3 is 0 Å². The fraction of sp³-hybridized carbons (Fsp3) is 0.438. The van der Waals surface area contributed by atoms with E-state index >= 15 is 0 Å². The van der Waals surface area contributed by atoms with Gasteiger partial charge in [0.25, 0.3) is 5.91 Å².